The molecule has 0 radical (unpaired) electrons. The van der Waals surface area contributed by atoms with Crippen LogP contribution in [0, 0.1) is 5.82 Å². The van der Waals surface area contributed by atoms with Gasteiger partial charge in [-0.3, -0.25) is 10.1 Å². The van der Waals surface area contributed by atoms with Crippen LogP contribution in [-0.2, 0) is 4.79 Å². The van der Waals surface area contributed by atoms with Gasteiger partial charge in [-0.15, -0.1) is 0 Å². The maximum Gasteiger partial charge on any atom is 0.238 e. The quantitative estimate of drug-likeness (QED) is 0.726. The van der Waals surface area contributed by atoms with E-state index in [0.29, 0.717) is 5.69 Å². The van der Waals surface area contributed by atoms with Crippen molar-refractivity contribution in [2.75, 3.05) is 11.9 Å². The van der Waals surface area contributed by atoms with Gasteiger partial charge in [0.1, 0.15) is 11.6 Å². The Labute approximate surface area is 139 Å². The molecule has 0 saturated heterocycles. The molecule has 1 amide bonds. The van der Waals surface area contributed by atoms with Gasteiger partial charge in [0.15, 0.2) is 0 Å². The number of furan rings is 1. The molecular formula is C19H17FN2O2. The van der Waals surface area contributed by atoms with Crippen LogP contribution in [0.2, 0.25) is 0 Å². The second-order valence-corrected chi connectivity index (χ2v) is 5.30. The summed E-state index contributed by atoms with van der Waals surface area (Å²) in [5, 5.41) is 5.91. The minimum Gasteiger partial charge on any atom is -0.467 e. The van der Waals surface area contributed by atoms with Gasteiger partial charge in [0.05, 0.1) is 18.8 Å². The number of halogens is 1. The summed E-state index contributed by atoms with van der Waals surface area (Å²) in [5.74, 6) is 0.179. The molecule has 24 heavy (non-hydrogen) atoms. The van der Waals surface area contributed by atoms with Crippen LogP contribution in [0.3, 0.4) is 0 Å². The number of anilines is 1. The van der Waals surface area contributed by atoms with E-state index in [2.05, 4.69) is 10.6 Å². The van der Waals surface area contributed by atoms with E-state index >= 15 is 0 Å². The molecule has 3 aromatic rings. The third kappa shape index (κ3) is 4.08. The van der Waals surface area contributed by atoms with Crippen molar-refractivity contribution in [2.24, 2.45) is 0 Å². The van der Waals surface area contributed by atoms with E-state index in [-0.39, 0.29) is 24.3 Å². The van der Waals surface area contributed by atoms with Crippen molar-refractivity contribution < 1.29 is 13.6 Å². The van der Waals surface area contributed by atoms with E-state index in [1.54, 1.807) is 6.26 Å². The smallest absolute Gasteiger partial charge is 0.238 e. The molecule has 1 heterocycles. The predicted octanol–water partition coefficient (Wildman–Crippen LogP) is 3.74. The average molecular weight is 324 g/mol. The molecule has 1 atom stereocenters. The number of amides is 1. The summed E-state index contributed by atoms with van der Waals surface area (Å²) in [7, 11) is 0. The standard InChI is InChI=1S/C19H17FN2O2/c20-15-8-10-16(11-9-15)22-18(23)13-21-19(17-7-4-12-24-17)14-5-2-1-3-6-14/h1-12,19,21H,13H2,(H,22,23)/t19-/m0/s1. The molecular weight excluding hydrogens is 307 g/mol. The summed E-state index contributed by atoms with van der Waals surface area (Å²) in [5.41, 5.74) is 1.56. The van der Waals surface area contributed by atoms with Gasteiger partial charge in [-0.1, -0.05) is 30.3 Å². The van der Waals surface area contributed by atoms with Gasteiger partial charge in [0.2, 0.25) is 5.91 Å². The molecule has 122 valence electrons. The number of carbonyl (C=O) groups is 1. The fraction of sp³-hybridized carbons (Fsp3) is 0.105. The first-order valence-electron chi connectivity index (χ1n) is 7.59. The van der Waals surface area contributed by atoms with E-state index in [1.165, 1.54) is 24.3 Å². The topological polar surface area (TPSA) is 54.3 Å². The molecule has 2 N–H and O–H groups in total. The molecule has 5 heteroatoms. The highest BCUT2D eigenvalue weighted by Crippen LogP contribution is 2.22. The highest BCUT2D eigenvalue weighted by Gasteiger charge is 2.17. The first kappa shape index (κ1) is 16.0. The molecule has 0 aliphatic heterocycles. The molecule has 0 saturated carbocycles. The molecule has 0 aliphatic carbocycles. The fourth-order valence-electron chi connectivity index (χ4n) is 2.42. The molecule has 0 bridgehead atoms. The van der Waals surface area contributed by atoms with Crippen molar-refractivity contribution in [3.8, 4) is 0 Å². The Bertz CT molecular complexity index is 771. The van der Waals surface area contributed by atoms with Crippen LogP contribution in [0.25, 0.3) is 0 Å². The lowest BCUT2D eigenvalue weighted by atomic mass is 10.0. The van der Waals surface area contributed by atoms with Crippen LogP contribution in [0.15, 0.2) is 77.4 Å². The lowest BCUT2D eigenvalue weighted by Gasteiger charge is -2.17. The number of hydrogen-bond acceptors (Lipinski definition) is 3. The van der Waals surface area contributed by atoms with Crippen LogP contribution >= 0.6 is 0 Å². The monoisotopic (exact) mass is 324 g/mol. The third-order valence-electron chi connectivity index (χ3n) is 3.56. The minimum atomic E-state index is -0.340. The van der Waals surface area contributed by atoms with Crippen LogP contribution < -0.4 is 10.6 Å². The van der Waals surface area contributed by atoms with Gasteiger partial charge in [-0.25, -0.2) is 4.39 Å². The highest BCUT2D eigenvalue weighted by molar-refractivity contribution is 5.92. The molecule has 0 unspecified atom stereocenters. The van der Waals surface area contributed by atoms with E-state index in [0.717, 1.165) is 11.3 Å². The zero-order valence-electron chi connectivity index (χ0n) is 12.9. The first-order valence-corrected chi connectivity index (χ1v) is 7.59. The van der Waals surface area contributed by atoms with E-state index in [1.807, 2.05) is 42.5 Å². The lowest BCUT2D eigenvalue weighted by molar-refractivity contribution is -0.115. The van der Waals surface area contributed by atoms with Gasteiger partial charge in [0, 0.05) is 5.69 Å². The Morgan fingerprint density at radius 1 is 1.00 bits per heavy atom. The zero-order chi connectivity index (χ0) is 16.8. The number of benzene rings is 2. The van der Waals surface area contributed by atoms with Gasteiger partial charge < -0.3 is 9.73 Å². The lowest BCUT2D eigenvalue weighted by Crippen LogP contribution is -2.31. The van der Waals surface area contributed by atoms with Crippen molar-refractivity contribution in [3.05, 3.63) is 90.1 Å². The summed E-state index contributed by atoms with van der Waals surface area (Å²) < 4.78 is 18.4. The Balaban J connectivity index is 1.65. The van der Waals surface area contributed by atoms with E-state index < -0.39 is 0 Å². The summed E-state index contributed by atoms with van der Waals surface area (Å²) in [6, 6.07) is 18.9. The van der Waals surface area contributed by atoms with Crippen LogP contribution in [0.1, 0.15) is 17.4 Å². The predicted molar refractivity (Wildman–Crippen MR) is 90.0 cm³/mol. The maximum atomic E-state index is 12.9. The normalized spacial score (nSPS) is 11.9. The molecule has 0 fully saturated rings. The van der Waals surface area contributed by atoms with Gasteiger partial charge >= 0.3 is 0 Å². The second kappa shape index (κ2) is 7.57. The zero-order valence-corrected chi connectivity index (χ0v) is 12.9. The van der Waals surface area contributed by atoms with Gasteiger partial charge in [-0.05, 0) is 42.0 Å². The molecule has 0 aliphatic rings. The van der Waals surface area contributed by atoms with Crippen LogP contribution in [-0.4, -0.2) is 12.5 Å². The first-order chi connectivity index (χ1) is 11.7. The molecule has 1 aromatic heterocycles. The molecule has 4 nitrogen and oxygen atoms in total. The number of rotatable bonds is 6. The van der Waals surface area contributed by atoms with Crippen molar-refractivity contribution in [1.29, 1.82) is 0 Å². The largest absolute Gasteiger partial charge is 0.467 e. The van der Waals surface area contributed by atoms with Gasteiger partial charge in [-0.2, -0.15) is 0 Å². The second-order valence-electron chi connectivity index (χ2n) is 5.30. The summed E-state index contributed by atoms with van der Waals surface area (Å²) in [6.07, 6.45) is 1.60. The molecule has 2 aromatic carbocycles. The fourth-order valence-corrected chi connectivity index (χ4v) is 2.42. The van der Waals surface area contributed by atoms with Crippen molar-refractivity contribution in [1.82, 2.24) is 5.32 Å². The Hall–Kier alpha value is -2.92. The summed E-state index contributed by atoms with van der Waals surface area (Å²) in [6.45, 7) is 0.0949. The van der Waals surface area contributed by atoms with Crippen molar-refractivity contribution >= 4 is 11.6 Å². The molecule has 3 rings (SSSR count). The van der Waals surface area contributed by atoms with E-state index in [9.17, 15) is 9.18 Å². The third-order valence-corrected chi connectivity index (χ3v) is 3.56. The highest BCUT2D eigenvalue weighted by atomic mass is 19.1. The Morgan fingerprint density at radius 3 is 2.42 bits per heavy atom. The Morgan fingerprint density at radius 2 is 1.75 bits per heavy atom. The number of carbonyl (C=O) groups excluding carboxylic acids is 1. The van der Waals surface area contributed by atoms with E-state index in [4.69, 9.17) is 4.42 Å². The summed E-state index contributed by atoms with van der Waals surface area (Å²) in [4.78, 5) is 12.1. The average Bonchev–Trinajstić information content (AvgIpc) is 3.12. The Kier molecular flexibility index (Phi) is 5.03. The number of hydrogen-bond donors (Lipinski definition) is 2. The van der Waals surface area contributed by atoms with Crippen LogP contribution in [0.4, 0.5) is 10.1 Å². The van der Waals surface area contributed by atoms with Crippen LogP contribution in [0.5, 0.6) is 0 Å². The van der Waals surface area contributed by atoms with Crippen molar-refractivity contribution in [3.63, 3.8) is 0 Å². The SMILES string of the molecule is O=C(CN[C@@H](c1ccccc1)c1ccco1)Nc1ccc(F)cc1. The molecule has 0 spiro atoms. The van der Waals surface area contributed by atoms with Crippen molar-refractivity contribution in [2.45, 2.75) is 6.04 Å². The maximum absolute atomic E-state index is 12.9. The van der Waals surface area contributed by atoms with Gasteiger partial charge in [0.25, 0.3) is 0 Å². The number of nitrogens with one attached hydrogen (secondary N) is 2. The minimum absolute atomic E-state index is 0.0949. The summed E-state index contributed by atoms with van der Waals surface area (Å²) >= 11 is 0.